The minimum atomic E-state index is -0.312. The molecule has 1 atom stereocenters. The van der Waals surface area contributed by atoms with Crippen LogP contribution in [0.3, 0.4) is 0 Å². The van der Waals surface area contributed by atoms with Crippen LogP contribution in [0.25, 0.3) is 11.3 Å². The highest BCUT2D eigenvalue weighted by Crippen LogP contribution is 2.38. The van der Waals surface area contributed by atoms with Crippen molar-refractivity contribution in [2.45, 2.75) is 24.9 Å². The lowest BCUT2D eigenvalue weighted by Gasteiger charge is -2.33. The molecule has 5 rings (SSSR count). The summed E-state index contributed by atoms with van der Waals surface area (Å²) in [5, 5.41) is 6.54. The van der Waals surface area contributed by atoms with Gasteiger partial charge in [-0.05, 0) is 42.7 Å². The van der Waals surface area contributed by atoms with Crippen LogP contribution < -0.4 is 10.6 Å². The highest BCUT2D eigenvalue weighted by Gasteiger charge is 2.29. The summed E-state index contributed by atoms with van der Waals surface area (Å²) >= 11 is 0. The molecule has 0 spiro atoms. The van der Waals surface area contributed by atoms with Gasteiger partial charge in [-0.1, -0.05) is 24.3 Å². The molecule has 0 saturated carbocycles. The highest BCUT2D eigenvalue weighted by molar-refractivity contribution is 5.89. The van der Waals surface area contributed by atoms with E-state index in [2.05, 4.69) is 44.5 Å². The summed E-state index contributed by atoms with van der Waals surface area (Å²) in [4.78, 5) is 18.6. The number of urea groups is 1. The lowest BCUT2D eigenvalue weighted by Crippen LogP contribution is -2.47. The first kappa shape index (κ1) is 18.8. The van der Waals surface area contributed by atoms with Gasteiger partial charge in [-0.2, -0.15) is 0 Å². The van der Waals surface area contributed by atoms with Crippen LogP contribution >= 0.6 is 0 Å². The number of imidazole rings is 1. The molecular formula is C23H24FN5O. The largest absolute Gasteiger partial charge is 0.324 e. The van der Waals surface area contributed by atoms with Crippen LogP contribution in [-0.2, 0) is 0 Å². The van der Waals surface area contributed by atoms with Crippen LogP contribution in [-0.4, -0.2) is 46.2 Å². The van der Waals surface area contributed by atoms with Gasteiger partial charge in [0.05, 0.1) is 24.3 Å². The predicted molar refractivity (Wildman–Crippen MR) is 114 cm³/mol. The Kier molecular flexibility index (Phi) is 4.96. The number of nitrogens with one attached hydrogen (secondary N) is 2. The fourth-order valence-electron chi connectivity index (χ4n) is 4.44. The third kappa shape index (κ3) is 3.57. The lowest BCUT2D eigenvalue weighted by atomic mass is 10.0. The van der Waals surface area contributed by atoms with Crippen molar-refractivity contribution in [3.8, 4) is 11.3 Å². The third-order valence-corrected chi connectivity index (χ3v) is 6.08. The van der Waals surface area contributed by atoms with Gasteiger partial charge in [-0.15, -0.1) is 0 Å². The normalized spacial score (nSPS) is 18.2. The molecule has 1 aromatic heterocycles. The second kappa shape index (κ2) is 7.91. The summed E-state index contributed by atoms with van der Waals surface area (Å²) in [6.45, 7) is 2.23. The van der Waals surface area contributed by atoms with E-state index >= 15 is 0 Å². The number of fused-ring (bicyclic) bond motifs is 3. The molecule has 0 aliphatic carbocycles. The number of aromatic nitrogens is 2. The van der Waals surface area contributed by atoms with E-state index < -0.39 is 0 Å². The summed E-state index contributed by atoms with van der Waals surface area (Å²) in [5.41, 5.74) is 4.37. The van der Waals surface area contributed by atoms with Gasteiger partial charge in [0.25, 0.3) is 0 Å². The Hall–Kier alpha value is -3.19. The number of amides is 2. The average molecular weight is 405 g/mol. The molecule has 0 radical (unpaired) electrons. The molecule has 0 bridgehead atoms. The van der Waals surface area contributed by atoms with Crippen molar-refractivity contribution < 1.29 is 9.18 Å². The summed E-state index contributed by atoms with van der Waals surface area (Å²) in [6.07, 6.45) is 5.64. The number of halogens is 1. The molecule has 2 aliphatic heterocycles. The monoisotopic (exact) mass is 405 g/mol. The second-order valence-electron chi connectivity index (χ2n) is 7.90. The molecule has 30 heavy (non-hydrogen) atoms. The molecule has 3 aromatic rings. The number of carbonyl (C=O) groups excluding carboxylic acids is 1. The van der Waals surface area contributed by atoms with Crippen molar-refractivity contribution in [1.29, 1.82) is 0 Å². The number of likely N-dealkylation sites (tertiary alicyclic amines) is 1. The Bertz CT molecular complexity index is 1040. The van der Waals surface area contributed by atoms with E-state index in [4.69, 9.17) is 0 Å². The zero-order valence-electron chi connectivity index (χ0n) is 16.6. The maximum atomic E-state index is 13.0. The Labute approximate surface area is 174 Å². The second-order valence-corrected chi connectivity index (χ2v) is 7.90. The van der Waals surface area contributed by atoms with Gasteiger partial charge in [0, 0.05) is 36.9 Å². The molecule has 154 valence electrons. The first-order valence-corrected chi connectivity index (χ1v) is 10.3. The van der Waals surface area contributed by atoms with Crippen molar-refractivity contribution in [2.24, 2.45) is 0 Å². The minimum Gasteiger partial charge on any atom is -0.324 e. The van der Waals surface area contributed by atoms with Crippen LogP contribution in [0.1, 0.15) is 24.4 Å². The van der Waals surface area contributed by atoms with Crippen molar-refractivity contribution in [2.75, 3.05) is 25.0 Å². The van der Waals surface area contributed by atoms with Gasteiger partial charge in [0.2, 0.25) is 0 Å². The Morgan fingerprint density at radius 1 is 1.10 bits per heavy atom. The smallest absolute Gasteiger partial charge is 0.321 e. The summed E-state index contributed by atoms with van der Waals surface area (Å²) < 4.78 is 15.3. The fraction of sp³-hybridized carbons (Fsp3) is 0.304. The zero-order chi connectivity index (χ0) is 20.5. The summed E-state index contributed by atoms with van der Waals surface area (Å²) in [7, 11) is 0. The van der Waals surface area contributed by atoms with Crippen molar-refractivity contribution >= 4 is 11.7 Å². The molecule has 2 amide bonds. The lowest BCUT2D eigenvalue weighted by molar-refractivity contribution is 0.188. The third-order valence-electron chi connectivity index (χ3n) is 6.08. The Morgan fingerprint density at radius 3 is 2.67 bits per heavy atom. The SMILES string of the molecule is O=C(Nc1ccc(F)cc1)N1CCC(NCC2c3ccccc3-c3cncn32)CC1. The number of hydrogen-bond acceptors (Lipinski definition) is 3. The summed E-state index contributed by atoms with van der Waals surface area (Å²) in [5.74, 6) is -0.312. The number of hydrogen-bond donors (Lipinski definition) is 2. The van der Waals surface area contributed by atoms with E-state index in [-0.39, 0.29) is 17.9 Å². The molecule has 2 aliphatic rings. The standard InChI is InChI=1S/C23H24FN5O/c24-16-5-7-18(8-6-16)27-23(30)28-11-9-17(10-12-28)26-14-22-20-4-2-1-3-19(20)21-13-25-15-29(21)22/h1-8,13,15,17,22,26H,9-12,14H2,(H,27,30). The van der Waals surface area contributed by atoms with Crippen molar-refractivity contribution in [3.63, 3.8) is 0 Å². The molecule has 2 aromatic carbocycles. The van der Waals surface area contributed by atoms with Crippen molar-refractivity contribution in [1.82, 2.24) is 19.8 Å². The van der Waals surface area contributed by atoms with Gasteiger partial charge in [0.15, 0.2) is 0 Å². The number of benzene rings is 2. The molecule has 3 heterocycles. The Morgan fingerprint density at radius 2 is 1.87 bits per heavy atom. The van der Waals surface area contributed by atoms with Gasteiger partial charge >= 0.3 is 6.03 Å². The van der Waals surface area contributed by atoms with E-state index in [1.807, 2.05) is 17.4 Å². The maximum Gasteiger partial charge on any atom is 0.321 e. The van der Waals surface area contributed by atoms with Crippen LogP contribution in [0.5, 0.6) is 0 Å². The molecule has 1 unspecified atom stereocenters. The van der Waals surface area contributed by atoms with Gasteiger partial charge in [-0.25, -0.2) is 14.2 Å². The van der Waals surface area contributed by atoms with Gasteiger partial charge in [0.1, 0.15) is 5.82 Å². The number of carbonyl (C=O) groups is 1. The van der Waals surface area contributed by atoms with Crippen LogP contribution in [0.4, 0.5) is 14.9 Å². The van der Waals surface area contributed by atoms with Crippen LogP contribution in [0.15, 0.2) is 61.1 Å². The topological polar surface area (TPSA) is 62.2 Å². The minimum absolute atomic E-state index is 0.132. The maximum absolute atomic E-state index is 13.0. The quantitative estimate of drug-likeness (QED) is 0.693. The van der Waals surface area contributed by atoms with Gasteiger partial charge < -0.3 is 20.1 Å². The molecule has 6 nitrogen and oxygen atoms in total. The first-order valence-electron chi connectivity index (χ1n) is 10.3. The predicted octanol–water partition coefficient (Wildman–Crippen LogP) is 3.88. The van der Waals surface area contributed by atoms with E-state index in [0.717, 1.165) is 19.4 Å². The number of anilines is 1. The van der Waals surface area contributed by atoms with E-state index in [1.54, 1.807) is 12.1 Å². The fourth-order valence-corrected chi connectivity index (χ4v) is 4.44. The first-order chi connectivity index (χ1) is 14.7. The number of piperidine rings is 1. The highest BCUT2D eigenvalue weighted by atomic mass is 19.1. The molecular weight excluding hydrogens is 381 g/mol. The molecule has 7 heteroatoms. The van der Waals surface area contributed by atoms with Crippen LogP contribution in [0.2, 0.25) is 0 Å². The summed E-state index contributed by atoms with van der Waals surface area (Å²) in [6, 6.07) is 14.8. The number of nitrogens with zero attached hydrogens (tertiary/aromatic N) is 3. The van der Waals surface area contributed by atoms with Crippen LogP contribution in [0, 0.1) is 5.82 Å². The van der Waals surface area contributed by atoms with E-state index in [0.29, 0.717) is 24.8 Å². The van der Waals surface area contributed by atoms with Crippen molar-refractivity contribution in [3.05, 3.63) is 72.4 Å². The number of rotatable bonds is 4. The molecule has 1 fully saturated rings. The van der Waals surface area contributed by atoms with E-state index in [9.17, 15) is 9.18 Å². The Balaban J connectivity index is 1.15. The molecule has 1 saturated heterocycles. The van der Waals surface area contributed by atoms with Gasteiger partial charge in [-0.3, -0.25) is 0 Å². The van der Waals surface area contributed by atoms with E-state index in [1.165, 1.54) is 29.0 Å². The molecule has 2 N–H and O–H groups in total. The average Bonchev–Trinajstić information content (AvgIpc) is 3.36. The zero-order valence-corrected chi connectivity index (χ0v) is 16.6.